The quantitative estimate of drug-likeness (QED) is 0.353. The number of nitrogens with one attached hydrogen (secondary N) is 1. The minimum Gasteiger partial charge on any atom is -0.466 e. The molecular formula is C29H34N6O6S. The summed E-state index contributed by atoms with van der Waals surface area (Å²) in [5.41, 5.74) is 2.42. The number of thiazole rings is 1. The van der Waals surface area contributed by atoms with Crippen LogP contribution in [-0.4, -0.2) is 81.1 Å². The van der Waals surface area contributed by atoms with Crippen LogP contribution < -0.4 is 5.32 Å². The number of amides is 2. The number of aromatic nitrogens is 4. The lowest BCUT2D eigenvalue weighted by Crippen LogP contribution is -2.35. The number of rotatable bonds is 4. The van der Waals surface area contributed by atoms with E-state index in [0.29, 0.717) is 56.3 Å². The molecule has 2 amide bonds. The number of nitrogens with zero attached hydrogens (tertiary/aromatic N) is 5. The van der Waals surface area contributed by atoms with Crippen LogP contribution in [-0.2, 0) is 25.5 Å². The maximum absolute atomic E-state index is 13.4. The topological polar surface area (TPSA) is 146 Å². The van der Waals surface area contributed by atoms with Gasteiger partial charge in [0.1, 0.15) is 17.1 Å². The van der Waals surface area contributed by atoms with Gasteiger partial charge in [-0.15, -0.1) is 11.3 Å². The predicted octanol–water partition coefficient (Wildman–Crippen LogP) is 3.70. The van der Waals surface area contributed by atoms with E-state index < -0.39 is 11.9 Å². The van der Waals surface area contributed by atoms with Crippen LogP contribution in [0.5, 0.6) is 0 Å². The zero-order chi connectivity index (χ0) is 29.5. The Morgan fingerprint density at radius 3 is 2.74 bits per heavy atom. The summed E-state index contributed by atoms with van der Waals surface area (Å²) in [4.78, 5) is 62.3. The number of Topliss-reactive ketones (excluding diaryl/α,β-unsaturated/α-hetero) is 1. The molecule has 1 fully saturated rings. The van der Waals surface area contributed by atoms with Crippen molar-refractivity contribution in [3.05, 3.63) is 47.0 Å². The Morgan fingerprint density at radius 1 is 1.17 bits per heavy atom. The molecule has 3 aromatic rings. The number of fused-ring (bicyclic) bond motifs is 6. The van der Waals surface area contributed by atoms with Crippen LogP contribution in [0.25, 0.3) is 10.6 Å². The lowest BCUT2D eigenvalue weighted by atomic mass is 10.1. The third-order valence-electron chi connectivity index (χ3n) is 7.26. The highest BCUT2D eigenvalue weighted by Gasteiger charge is 2.25. The molecule has 4 bridgehead atoms. The minimum atomic E-state index is -0.575. The van der Waals surface area contributed by atoms with Crippen molar-refractivity contribution in [3.8, 4) is 10.6 Å². The molecule has 0 radical (unpaired) electrons. The minimum absolute atomic E-state index is 0.0558. The van der Waals surface area contributed by atoms with Crippen molar-refractivity contribution < 1.29 is 28.7 Å². The second-order valence-electron chi connectivity index (χ2n) is 10.2. The van der Waals surface area contributed by atoms with Gasteiger partial charge in [-0.3, -0.25) is 28.8 Å². The molecule has 2 aliphatic heterocycles. The van der Waals surface area contributed by atoms with Gasteiger partial charge in [0.2, 0.25) is 5.91 Å². The van der Waals surface area contributed by atoms with Crippen molar-refractivity contribution in [1.29, 1.82) is 0 Å². The Bertz CT molecular complexity index is 1450. The monoisotopic (exact) mass is 594 g/mol. The SMILES string of the molecule is CCOC(=O)CC(=O)N1CCCC(=O)c2nn(C3CCOCC3)cc2NC(=O)c2csc(n2)-c2ccnc(c2)CCC1. The van der Waals surface area contributed by atoms with Gasteiger partial charge in [0.15, 0.2) is 11.5 Å². The molecule has 0 aliphatic carbocycles. The molecular weight excluding hydrogens is 560 g/mol. The number of anilines is 1. The number of ether oxygens (including phenoxy) is 2. The van der Waals surface area contributed by atoms with Crippen LogP contribution in [0.1, 0.15) is 78.2 Å². The van der Waals surface area contributed by atoms with E-state index in [4.69, 9.17) is 9.47 Å². The van der Waals surface area contributed by atoms with Crippen LogP contribution in [0.2, 0.25) is 0 Å². The molecule has 3 aromatic heterocycles. The number of pyridine rings is 1. The maximum atomic E-state index is 13.4. The number of hydrogen-bond acceptors (Lipinski definition) is 10. The van der Waals surface area contributed by atoms with Gasteiger partial charge >= 0.3 is 5.97 Å². The van der Waals surface area contributed by atoms with Crippen LogP contribution in [0.4, 0.5) is 5.69 Å². The molecule has 0 unspecified atom stereocenters. The summed E-state index contributed by atoms with van der Waals surface area (Å²) < 4.78 is 12.2. The Labute approximate surface area is 247 Å². The normalized spacial score (nSPS) is 17.1. The fourth-order valence-corrected chi connectivity index (χ4v) is 5.88. The largest absolute Gasteiger partial charge is 0.466 e. The highest BCUT2D eigenvalue weighted by atomic mass is 32.1. The first-order valence-corrected chi connectivity index (χ1v) is 15.1. The van der Waals surface area contributed by atoms with E-state index in [-0.39, 0.29) is 48.6 Å². The first-order chi connectivity index (χ1) is 20.4. The third kappa shape index (κ3) is 7.26. The molecule has 13 heteroatoms. The molecule has 1 N–H and O–H groups in total. The van der Waals surface area contributed by atoms with E-state index in [1.165, 1.54) is 11.3 Å². The molecule has 222 valence electrons. The van der Waals surface area contributed by atoms with Gasteiger partial charge in [0.25, 0.3) is 5.91 Å². The number of carbonyl (C=O) groups excluding carboxylic acids is 4. The van der Waals surface area contributed by atoms with Gasteiger partial charge in [0, 0.05) is 61.8 Å². The molecule has 12 nitrogen and oxygen atoms in total. The third-order valence-corrected chi connectivity index (χ3v) is 8.15. The predicted molar refractivity (Wildman–Crippen MR) is 154 cm³/mol. The number of esters is 1. The van der Waals surface area contributed by atoms with Gasteiger partial charge in [-0.2, -0.15) is 5.10 Å². The van der Waals surface area contributed by atoms with Crippen molar-refractivity contribution in [2.75, 3.05) is 38.2 Å². The summed E-state index contributed by atoms with van der Waals surface area (Å²) in [5.74, 6) is -1.59. The van der Waals surface area contributed by atoms with E-state index >= 15 is 0 Å². The Morgan fingerprint density at radius 2 is 1.95 bits per heavy atom. The van der Waals surface area contributed by atoms with Crippen LogP contribution in [0, 0.1) is 0 Å². The number of carbonyl (C=O) groups is 4. The highest BCUT2D eigenvalue weighted by molar-refractivity contribution is 7.13. The molecule has 5 heterocycles. The summed E-state index contributed by atoms with van der Waals surface area (Å²) in [6.45, 7) is 3.79. The second-order valence-corrected chi connectivity index (χ2v) is 11.1. The summed E-state index contributed by atoms with van der Waals surface area (Å²) in [5, 5.41) is 9.82. The van der Waals surface area contributed by atoms with E-state index in [2.05, 4.69) is 20.4 Å². The number of ketones is 1. The van der Waals surface area contributed by atoms with Crippen molar-refractivity contribution >= 4 is 40.6 Å². The molecule has 1 saturated heterocycles. The van der Waals surface area contributed by atoms with Crippen molar-refractivity contribution in [1.82, 2.24) is 24.6 Å². The molecule has 5 rings (SSSR count). The summed E-state index contributed by atoms with van der Waals surface area (Å²) in [6, 6.07) is 3.83. The average molecular weight is 595 g/mol. The van der Waals surface area contributed by atoms with E-state index in [1.54, 1.807) is 34.3 Å². The standard InChI is InChI=1S/C29H34N6O6S/c1-2-41-26(38)16-25(37)34-11-3-5-20-15-19(7-10-30-20)29-32-23(18-42-29)28(39)31-22-17-35(21-8-13-40-14-9-21)33-27(22)24(36)6-4-12-34/h7,10,15,17-18,21H,2-6,8-9,11-14,16H2,1H3,(H,31,39). The van der Waals surface area contributed by atoms with Gasteiger partial charge in [-0.25, -0.2) is 4.98 Å². The number of aryl methyl sites for hydroxylation is 1. The first-order valence-electron chi connectivity index (χ1n) is 14.3. The Kier molecular flexibility index (Phi) is 9.70. The lowest BCUT2D eigenvalue weighted by Gasteiger charge is -2.22. The Balaban J connectivity index is 1.43. The summed E-state index contributed by atoms with van der Waals surface area (Å²) in [7, 11) is 0. The second kappa shape index (κ2) is 13.8. The zero-order valence-corrected chi connectivity index (χ0v) is 24.4. The molecule has 0 spiro atoms. The zero-order valence-electron chi connectivity index (χ0n) is 23.5. The van der Waals surface area contributed by atoms with Gasteiger partial charge in [-0.1, -0.05) is 0 Å². The summed E-state index contributed by atoms with van der Waals surface area (Å²) in [6.07, 6.45) is 6.26. The van der Waals surface area contributed by atoms with E-state index in [0.717, 1.165) is 24.1 Å². The van der Waals surface area contributed by atoms with Gasteiger partial charge in [-0.05, 0) is 51.2 Å². The van der Waals surface area contributed by atoms with Gasteiger partial charge < -0.3 is 19.7 Å². The fraction of sp³-hybridized carbons (Fsp3) is 0.483. The van der Waals surface area contributed by atoms with E-state index in [1.807, 2.05) is 12.1 Å². The van der Waals surface area contributed by atoms with Gasteiger partial charge in [0.05, 0.1) is 18.3 Å². The van der Waals surface area contributed by atoms with Crippen LogP contribution >= 0.6 is 11.3 Å². The Hall–Kier alpha value is -3.97. The first kappa shape index (κ1) is 29.5. The van der Waals surface area contributed by atoms with E-state index in [9.17, 15) is 19.2 Å². The maximum Gasteiger partial charge on any atom is 0.315 e. The molecule has 42 heavy (non-hydrogen) atoms. The summed E-state index contributed by atoms with van der Waals surface area (Å²) >= 11 is 1.35. The average Bonchev–Trinajstić information content (AvgIpc) is 3.65. The molecule has 2 aliphatic rings. The fourth-order valence-electron chi connectivity index (χ4n) is 5.08. The van der Waals surface area contributed by atoms with Crippen LogP contribution in [0.15, 0.2) is 29.9 Å². The smallest absolute Gasteiger partial charge is 0.315 e. The highest BCUT2D eigenvalue weighted by Crippen LogP contribution is 2.28. The number of hydrogen-bond donors (Lipinski definition) is 1. The van der Waals surface area contributed by atoms with Crippen molar-refractivity contribution in [3.63, 3.8) is 0 Å². The van der Waals surface area contributed by atoms with Crippen LogP contribution in [0.3, 0.4) is 0 Å². The molecule has 0 aromatic carbocycles. The van der Waals surface area contributed by atoms with Crippen molar-refractivity contribution in [2.24, 2.45) is 0 Å². The lowest BCUT2D eigenvalue weighted by molar-refractivity contribution is -0.148. The molecule has 0 saturated carbocycles. The molecule has 0 atom stereocenters. The van der Waals surface area contributed by atoms with Crippen molar-refractivity contribution in [2.45, 2.75) is 57.9 Å².